The first-order valence-corrected chi connectivity index (χ1v) is 18.1. The van der Waals surface area contributed by atoms with Crippen LogP contribution in [0.3, 0.4) is 0 Å². The normalized spacial score (nSPS) is 11.8. The maximum absolute atomic E-state index is 13.0. The second-order valence-corrected chi connectivity index (χ2v) is 13.4. The van der Waals surface area contributed by atoms with E-state index in [1.54, 1.807) is 0 Å². The Morgan fingerprint density at radius 3 is 2.08 bits per heavy atom. The van der Waals surface area contributed by atoms with Crippen LogP contribution in [0.1, 0.15) is 39.9 Å². The molecule has 6 aromatic rings. The number of ketones is 1. The van der Waals surface area contributed by atoms with Crippen molar-refractivity contribution < 1.29 is 14.3 Å². The van der Waals surface area contributed by atoms with Crippen molar-refractivity contribution in [1.82, 2.24) is 9.55 Å². The predicted molar refractivity (Wildman–Crippen MR) is 207 cm³/mol. The summed E-state index contributed by atoms with van der Waals surface area (Å²) in [7, 11) is 0. The molecule has 1 aliphatic carbocycles. The number of benzene rings is 5. The molecule has 0 spiro atoms. The quantitative estimate of drug-likeness (QED) is 0.0845. The molecule has 0 saturated carbocycles. The zero-order valence-corrected chi connectivity index (χ0v) is 29.8. The van der Waals surface area contributed by atoms with Gasteiger partial charge in [0, 0.05) is 53.4 Å². The topological polar surface area (TPSA) is 79.4 Å². The van der Waals surface area contributed by atoms with Crippen molar-refractivity contribution in [1.29, 1.82) is 0 Å². The molecule has 0 saturated heterocycles. The minimum atomic E-state index is 0.0871. The molecular formula is C43H39Cl2N3O3. The SMILES string of the molecule is NCCOCCOCCCC(=O)c1ccc(Cn2c(-c3ccc4c(c3)-c3ccccc3C4)nc(-c3ccccc3Cl)c2-c2ccccc2Cl)cc1. The summed E-state index contributed by atoms with van der Waals surface area (Å²) >= 11 is 13.8. The van der Waals surface area contributed by atoms with Gasteiger partial charge in [0.25, 0.3) is 0 Å². The molecule has 0 fully saturated rings. The number of Topliss-reactive ketones (excluding diaryl/α,β-unsaturated/α-hetero) is 1. The van der Waals surface area contributed by atoms with Crippen LogP contribution >= 0.6 is 23.2 Å². The Hall–Kier alpha value is -4.56. The van der Waals surface area contributed by atoms with E-state index in [1.807, 2.05) is 72.8 Å². The van der Waals surface area contributed by atoms with Gasteiger partial charge in [-0.05, 0) is 58.9 Å². The molecule has 0 amide bonds. The molecule has 5 aromatic carbocycles. The van der Waals surface area contributed by atoms with E-state index in [1.165, 1.54) is 22.3 Å². The Bertz CT molecular complexity index is 2160. The zero-order chi connectivity index (χ0) is 35.2. The first-order chi connectivity index (χ1) is 25.0. The molecule has 0 radical (unpaired) electrons. The smallest absolute Gasteiger partial charge is 0.162 e. The fourth-order valence-electron chi connectivity index (χ4n) is 6.72. The molecule has 8 heteroatoms. The van der Waals surface area contributed by atoms with Crippen molar-refractivity contribution in [2.45, 2.75) is 25.8 Å². The van der Waals surface area contributed by atoms with Gasteiger partial charge < -0.3 is 19.8 Å². The number of aromatic nitrogens is 2. The number of carbonyl (C=O) groups excluding carboxylic acids is 1. The minimum Gasteiger partial charge on any atom is -0.379 e. The van der Waals surface area contributed by atoms with Crippen LogP contribution in [0.5, 0.6) is 0 Å². The third kappa shape index (κ3) is 7.71. The maximum Gasteiger partial charge on any atom is 0.162 e. The summed E-state index contributed by atoms with van der Waals surface area (Å²) in [6, 6.07) is 38.7. The summed E-state index contributed by atoms with van der Waals surface area (Å²) in [4.78, 5) is 18.4. The van der Waals surface area contributed by atoms with Crippen LogP contribution in [0.25, 0.3) is 45.0 Å². The van der Waals surface area contributed by atoms with Crippen molar-refractivity contribution in [3.8, 4) is 45.0 Å². The zero-order valence-electron chi connectivity index (χ0n) is 28.3. The molecule has 1 aromatic heterocycles. The van der Waals surface area contributed by atoms with Gasteiger partial charge in [-0.2, -0.15) is 0 Å². The molecule has 0 aliphatic heterocycles. The van der Waals surface area contributed by atoms with Crippen molar-refractivity contribution in [2.24, 2.45) is 5.73 Å². The summed E-state index contributed by atoms with van der Waals surface area (Å²) in [5.41, 5.74) is 16.6. The maximum atomic E-state index is 13.0. The van der Waals surface area contributed by atoms with Gasteiger partial charge in [0.2, 0.25) is 0 Å². The summed E-state index contributed by atoms with van der Waals surface area (Å²) in [6.07, 6.45) is 1.97. The average Bonchev–Trinajstić information content (AvgIpc) is 3.71. The molecule has 0 bridgehead atoms. The number of ether oxygens (including phenoxy) is 2. The van der Waals surface area contributed by atoms with E-state index in [-0.39, 0.29) is 5.78 Å². The number of rotatable bonds is 15. The Morgan fingerprint density at radius 2 is 1.35 bits per heavy atom. The Balaban J connectivity index is 1.24. The molecule has 1 heterocycles. The van der Waals surface area contributed by atoms with Gasteiger partial charge in [-0.15, -0.1) is 0 Å². The largest absolute Gasteiger partial charge is 0.379 e. The van der Waals surface area contributed by atoms with Crippen LogP contribution in [0.15, 0.2) is 115 Å². The van der Waals surface area contributed by atoms with Crippen LogP contribution in [0.4, 0.5) is 0 Å². The molecule has 51 heavy (non-hydrogen) atoms. The third-order valence-corrected chi connectivity index (χ3v) is 9.88. The number of carbonyl (C=O) groups is 1. The van der Waals surface area contributed by atoms with Crippen molar-refractivity contribution in [2.75, 3.05) is 33.0 Å². The van der Waals surface area contributed by atoms with E-state index >= 15 is 0 Å². The summed E-state index contributed by atoms with van der Waals surface area (Å²) in [5.74, 6) is 0.893. The van der Waals surface area contributed by atoms with Crippen molar-refractivity contribution in [3.63, 3.8) is 0 Å². The van der Waals surface area contributed by atoms with Crippen LogP contribution in [-0.4, -0.2) is 48.3 Å². The lowest BCUT2D eigenvalue weighted by atomic mass is 10.0. The fourth-order valence-corrected chi connectivity index (χ4v) is 7.17. The van der Waals surface area contributed by atoms with E-state index in [2.05, 4.69) is 47.0 Å². The lowest BCUT2D eigenvalue weighted by Gasteiger charge is -2.16. The van der Waals surface area contributed by atoms with Crippen LogP contribution in [0, 0.1) is 0 Å². The Labute approximate surface area is 308 Å². The number of hydrogen-bond acceptors (Lipinski definition) is 5. The monoisotopic (exact) mass is 715 g/mol. The summed E-state index contributed by atoms with van der Waals surface area (Å²) in [5, 5.41) is 1.23. The molecule has 258 valence electrons. The number of fused-ring (bicyclic) bond motifs is 3. The first-order valence-electron chi connectivity index (χ1n) is 17.3. The lowest BCUT2D eigenvalue weighted by Crippen LogP contribution is -2.12. The molecule has 0 unspecified atom stereocenters. The first kappa shape index (κ1) is 34.9. The van der Waals surface area contributed by atoms with Gasteiger partial charge in [-0.25, -0.2) is 4.98 Å². The van der Waals surface area contributed by atoms with Gasteiger partial charge in [0.1, 0.15) is 5.82 Å². The summed E-state index contributed by atoms with van der Waals surface area (Å²) in [6.45, 7) is 3.01. The van der Waals surface area contributed by atoms with Crippen LogP contribution < -0.4 is 5.73 Å². The highest BCUT2D eigenvalue weighted by atomic mass is 35.5. The highest BCUT2D eigenvalue weighted by molar-refractivity contribution is 6.34. The molecule has 1 aliphatic rings. The second kappa shape index (κ2) is 16.2. The van der Waals surface area contributed by atoms with Crippen molar-refractivity contribution >= 4 is 29.0 Å². The fraction of sp³-hybridized carbons (Fsp3) is 0.209. The van der Waals surface area contributed by atoms with E-state index in [0.717, 1.165) is 45.9 Å². The van der Waals surface area contributed by atoms with Gasteiger partial charge in [0.15, 0.2) is 5.78 Å². The number of nitrogens with two attached hydrogens (primary N) is 1. The molecule has 2 N–H and O–H groups in total. The predicted octanol–water partition coefficient (Wildman–Crippen LogP) is 9.77. The van der Waals surface area contributed by atoms with E-state index < -0.39 is 0 Å². The summed E-state index contributed by atoms with van der Waals surface area (Å²) < 4.78 is 13.2. The van der Waals surface area contributed by atoms with E-state index in [4.69, 9.17) is 43.4 Å². The standard InChI is InChI=1S/C43H39Cl2N3O3/c44-38-12-5-3-10-35(38)41-42(36-11-4-6-13-39(36)45)48(43(47-41)33-20-19-32-26-31-8-1-2-9-34(31)37(32)27-33)28-29-15-17-30(18-16-29)40(49)14-7-22-50-24-25-51-23-21-46/h1-6,8-13,15-20,27H,7,14,21-26,28,46H2. The Morgan fingerprint density at radius 1 is 0.706 bits per heavy atom. The highest BCUT2D eigenvalue weighted by Crippen LogP contribution is 2.44. The molecule has 6 nitrogen and oxygen atoms in total. The lowest BCUT2D eigenvalue weighted by molar-refractivity contribution is 0.0489. The minimum absolute atomic E-state index is 0.0871. The van der Waals surface area contributed by atoms with Gasteiger partial charge in [-0.3, -0.25) is 4.79 Å². The van der Waals surface area contributed by atoms with Crippen molar-refractivity contribution in [3.05, 3.63) is 148 Å². The van der Waals surface area contributed by atoms with Crippen LogP contribution in [0.2, 0.25) is 10.0 Å². The number of imidazole rings is 1. The van der Waals surface area contributed by atoms with E-state index in [0.29, 0.717) is 68.0 Å². The Kier molecular flexibility index (Phi) is 11.1. The highest BCUT2D eigenvalue weighted by Gasteiger charge is 2.26. The number of hydrogen-bond donors (Lipinski definition) is 1. The van der Waals surface area contributed by atoms with E-state index in [9.17, 15) is 4.79 Å². The third-order valence-electron chi connectivity index (χ3n) is 9.23. The number of halogens is 2. The average molecular weight is 717 g/mol. The molecule has 0 atom stereocenters. The van der Waals surface area contributed by atoms with Crippen LogP contribution in [-0.2, 0) is 22.4 Å². The molecular weight excluding hydrogens is 677 g/mol. The second-order valence-electron chi connectivity index (χ2n) is 12.6. The molecule has 7 rings (SSSR count). The van der Waals surface area contributed by atoms with Gasteiger partial charge >= 0.3 is 0 Å². The van der Waals surface area contributed by atoms with Gasteiger partial charge in [-0.1, -0.05) is 120 Å². The number of nitrogens with zero attached hydrogens (tertiary/aromatic N) is 2. The van der Waals surface area contributed by atoms with Gasteiger partial charge in [0.05, 0.1) is 36.2 Å².